The van der Waals surface area contributed by atoms with Gasteiger partial charge < -0.3 is 5.11 Å². The van der Waals surface area contributed by atoms with Gasteiger partial charge in [-0.3, -0.25) is 9.78 Å². The number of nitriles is 1. The number of aromatic hydroxyl groups is 1. The monoisotopic (exact) mass is 190 g/mol. The number of H-pyrrole nitrogens is 1. The third kappa shape index (κ3) is 1.18. The van der Waals surface area contributed by atoms with Crippen molar-refractivity contribution in [1.29, 1.82) is 5.26 Å². The molecule has 1 aliphatic carbocycles. The number of pyridine rings is 1. The summed E-state index contributed by atoms with van der Waals surface area (Å²) in [7, 11) is 0. The SMILES string of the molecule is N#Cc1c2c(c(O)[nH]c1=O)CCCC2. The van der Waals surface area contributed by atoms with Gasteiger partial charge in [0.1, 0.15) is 11.6 Å². The number of aromatic nitrogens is 1. The molecule has 0 spiro atoms. The van der Waals surface area contributed by atoms with Crippen LogP contribution in [-0.2, 0) is 12.8 Å². The fourth-order valence-corrected chi connectivity index (χ4v) is 1.94. The summed E-state index contributed by atoms with van der Waals surface area (Å²) in [6, 6.07) is 1.90. The zero-order valence-electron chi connectivity index (χ0n) is 7.63. The molecule has 1 aromatic rings. The highest BCUT2D eigenvalue weighted by Gasteiger charge is 2.19. The summed E-state index contributed by atoms with van der Waals surface area (Å²) in [5.41, 5.74) is 1.16. The second-order valence-corrected chi connectivity index (χ2v) is 3.45. The Labute approximate surface area is 80.8 Å². The average molecular weight is 190 g/mol. The van der Waals surface area contributed by atoms with E-state index in [1.807, 2.05) is 6.07 Å². The maximum atomic E-state index is 11.3. The van der Waals surface area contributed by atoms with E-state index in [0.717, 1.165) is 36.8 Å². The molecule has 0 radical (unpaired) electrons. The number of hydrogen-bond acceptors (Lipinski definition) is 3. The fourth-order valence-electron chi connectivity index (χ4n) is 1.94. The van der Waals surface area contributed by atoms with Crippen molar-refractivity contribution in [3.63, 3.8) is 0 Å². The lowest BCUT2D eigenvalue weighted by Gasteiger charge is -2.16. The first-order valence-corrected chi connectivity index (χ1v) is 4.61. The van der Waals surface area contributed by atoms with Gasteiger partial charge in [-0.25, -0.2) is 0 Å². The van der Waals surface area contributed by atoms with Gasteiger partial charge in [-0.2, -0.15) is 5.26 Å². The van der Waals surface area contributed by atoms with E-state index in [1.165, 1.54) is 0 Å². The van der Waals surface area contributed by atoms with Gasteiger partial charge in [0, 0.05) is 5.56 Å². The van der Waals surface area contributed by atoms with E-state index in [1.54, 1.807) is 0 Å². The molecule has 2 N–H and O–H groups in total. The van der Waals surface area contributed by atoms with Gasteiger partial charge in [0.15, 0.2) is 5.88 Å². The van der Waals surface area contributed by atoms with Crippen LogP contribution >= 0.6 is 0 Å². The molecule has 1 aromatic heterocycles. The van der Waals surface area contributed by atoms with Crippen LogP contribution in [0.15, 0.2) is 4.79 Å². The van der Waals surface area contributed by atoms with E-state index < -0.39 is 5.56 Å². The summed E-state index contributed by atoms with van der Waals surface area (Å²) < 4.78 is 0. The van der Waals surface area contributed by atoms with Crippen LogP contribution in [0.2, 0.25) is 0 Å². The van der Waals surface area contributed by atoms with Crippen molar-refractivity contribution in [2.45, 2.75) is 25.7 Å². The maximum Gasteiger partial charge on any atom is 0.268 e. The van der Waals surface area contributed by atoms with Gasteiger partial charge in [0.05, 0.1) is 0 Å². The molecule has 0 unspecified atom stereocenters. The molecule has 4 heteroatoms. The second kappa shape index (κ2) is 3.18. The Morgan fingerprint density at radius 2 is 1.93 bits per heavy atom. The molecule has 1 heterocycles. The topological polar surface area (TPSA) is 76.9 Å². The van der Waals surface area contributed by atoms with Gasteiger partial charge in [0.2, 0.25) is 0 Å². The Morgan fingerprint density at radius 1 is 1.29 bits per heavy atom. The van der Waals surface area contributed by atoms with E-state index in [4.69, 9.17) is 5.26 Å². The smallest absolute Gasteiger partial charge is 0.268 e. The van der Waals surface area contributed by atoms with Gasteiger partial charge >= 0.3 is 0 Å². The van der Waals surface area contributed by atoms with Gasteiger partial charge in [0.25, 0.3) is 5.56 Å². The van der Waals surface area contributed by atoms with Crippen molar-refractivity contribution < 1.29 is 5.11 Å². The lowest BCUT2D eigenvalue weighted by molar-refractivity contribution is 0.438. The first kappa shape index (κ1) is 8.82. The maximum absolute atomic E-state index is 11.3. The molecule has 0 atom stereocenters. The first-order chi connectivity index (χ1) is 6.74. The Bertz CT molecular complexity index is 468. The third-order valence-corrected chi connectivity index (χ3v) is 2.63. The molecule has 14 heavy (non-hydrogen) atoms. The van der Waals surface area contributed by atoms with Crippen LogP contribution < -0.4 is 5.56 Å². The van der Waals surface area contributed by atoms with E-state index in [9.17, 15) is 9.90 Å². The van der Waals surface area contributed by atoms with Crippen LogP contribution in [0.5, 0.6) is 5.88 Å². The molecule has 1 aliphatic rings. The molecule has 0 bridgehead atoms. The molecule has 0 aromatic carbocycles. The fraction of sp³-hybridized carbons (Fsp3) is 0.400. The average Bonchev–Trinajstić information content (AvgIpc) is 2.18. The highest BCUT2D eigenvalue weighted by atomic mass is 16.3. The second-order valence-electron chi connectivity index (χ2n) is 3.45. The number of fused-ring (bicyclic) bond motifs is 1. The molecule has 2 rings (SSSR count). The molecular formula is C10H10N2O2. The third-order valence-electron chi connectivity index (χ3n) is 2.63. The Hall–Kier alpha value is -1.76. The van der Waals surface area contributed by atoms with E-state index in [2.05, 4.69) is 4.98 Å². The molecule has 4 nitrogen and oxygen atoms in total. The molecule has 0 amide bonds. The predicted molar refractivity (Wildman–Crippen MR) is 50.1 cm³/mol. The van der Waals surface area contributed by atoms with E-state index in [0.29, 0.717) is 0 Å². The van der Waals surface area contributed by atoms with Gasteiger partial charge in [-0.1, -0.05) is 0 Å². The standard InChI is InChI=1S/C10H10N2O2/c11-5-8-6-3-1-2-4-7(6)9(13)12-10(8)14/h1-4H2,(H2,12,13,14). The predicted octanol–water partition coefficient (Wildman–Crippen LogP) is 0.831. The lowest BCUT2D eigenvalue weighted by atomic mass is 9.90. The highest BCUT2D eigenvalue weighted by Crippen LogP contribution is 2.27. The van der Waals surface area contributed by atoms with Crippen molar-refractivity contribution in [3.05, 3.63) is 27.0 Å². The van der Waals surface area contributed by atoms with E-state index >= 15 is 0 Å². The summed E-state index contributed by atoms with van der Waals surface area (Å²) in [6.07, 6.45) is 3.43. The van der Waals surface area contributed by atoms with Crippen molar-refractivity contribution in [1.82, 2.24) is 4.98 Å². The quantitative estimate of drug-likeness (QED) is 0.636. The Kier molecular flexibility index (Phi) is 2.01. The number of rotatable bonds is 0. The Morgan fingerprint density at radius 3 is 2.57 bits per heavy atom. The largest absolute Gasteiger partial charge is 0.494 e. The van der Waals surface area contributed by atoms with Crippen molar-refractivity contribution in [2.24, 2.45) is 0 Å². The summed E-state index contributed by atoms with van der Waals surface area (Å²) in [4.78, 5) is 13.6. The molecule has 0 saturated heterocycles. The minimum Gasteiger partial charge on any atom is -0.494 e. The molecular weight excluding hydrogens is 180 g/mol. The minimum atomic E-state index is -0.481. The number of nitrogens with zero attached hydrogens (tertiary/aromatic N) is 1. The van der Waals surface area contributed by atoms with Crippen molar-refractivity contribution >= 4 is 0 Å². The number of hydrogen-bond donors (Lipinski definition) is 2. The minimum absolute atomic E-state index is 0.0660. The number of aromatic amines is 1. The van der Waals surface area contributed by atoms with Gasteiger partial charge in [-0.05, 0) is 31.2 Å². The summed E-state index contributed by atoms with van der Waals surface area (Å²) in [6.45, 7) is 0. The normalized spacial score (nSPS) is 14.5. The zero-order chi connectivity index (χ0) is 10.1. The van der Waals surface area contributed by atoms with Crippen LogP contribution in [0.3, 0.4) is 0 Å². The molecule has 0 saturated carbocycles. The van der Waals surface area contributed by atoms with Crippen LogP contribution in [0, 0.1) is 11.3 Å². The molecule has 0 aliphatic heterocycles. The van der Waals surface area contributed by atoms with Crippen LogP contribution in [-0.4, -0.2) is 10.1 Å². The molecule has 72 valence electrons. The summed E-state index contributed by atoms with van der Waals surface area (Å²) in [5.74, 6) is -0.0660. The molecule has 0 fully saturated rings. The zero-order valence-corrected chi connectivity index (χ0v) is 7.63. The highest BCUT2D eigenvalue weighted by molar-refractivity contribution is 5.46. The van der Waals surface area contributed by atoms with Crippen LogP contribution in [0.1, 0.15) is 29.5 Å². The van der Waals surface area contributed by atoms with Gasteiger partial charge in [-0.15, -0.1) is 0 Å². The van der Waals surface area contributed by atoms with Crippen molar-refractivity contribution in [2.75, 3.05) is 0 Å². The lowest BCUT2D eigenvalue weighted by Crippen LogP contribution is -2.18. The van der Waals surface area contributed by atoms with E-state index in [-0.39, 0.29) is 11.4 Å². The van der Waals surface area contributed by atoms with Crippen LogP contribution in [0.25, 0.3) is 0 Å². The summed E-state index contributed by atoms with van der Waals surface area (Å²) in [5, 5.41) is 18.3. The number of nitrogens with one attached hydrogen (secondary N) is 1. The van der Waals surface area contributed by atoms with Crippen molar-refractivity contribution in [3.8, 4) is 11.9 Å². The first-order valence-electron chi connectivity index (χ1n) is 4.61. The summed E-state index contributed by atoms with van der Waals surface area (Å²) >= 11 is 0. The van der Waals surface area contributed by atoms with Crippen LogP contribution in [0.4, 0.5) is 0 Å². The Balaban J connectivity index is 2.75.